The lowest BCUT2D eigenvalue weighted by molar-refractivity contribution is 0.105. The Morgan fingerprint density at radius 2 is 1.74 bits per heavy atom. The quantitative estimate of drug-likeness (QED) is 0.573. The van der Waals surface area contributed by atoms with Crippen LogP contribution in [0.3, 0.4) is 0 Å². The third-order valence-corrected chi connectivity index (χ3v) is 4.80. The van der Waals surface area contributed by atoms with Crippen molar-refractivity contribution < 1.29 is 0 Å². The van der Waals surface area contributed by atoms with E-state index in [-0.39, 0.29) is 0 Å². The van der Waals surface area contributed by atoms with Crippen LogP contribution in [-0.4, -0.2) is 6.04 Å². The van der Waals surface area contributed by atoms with Crippen molar-refractivity contribution in [3.05, 3.63) is 21.8 Å². The molecule has 106 valence electrons. The third-order valence-electron chi connectivity index (χ3n) is 3.91. The van der Waals surface area contributed by atoms with Gasteiger partial charge in [0.05, 0.1) is 0 Å². The van der Waals surface area contributed by atoms with E-state index in [0.29, 0.717) is 16.9 Å². The largest absolute Gasteiger partial charge is 0.399 e. The molecule has 1 fully saturated rings. The molecule has 1 aromatic carbocycles. The first kappa shape index (κ1) is 14.9. The molecule has 2 nitrogen and oxygen atoms in total. The fourth-order valence-corrected chi connectivity index (χ4v) is 4.51. The second kappa shape index (κ2) is 5.15. The third kappa shape index (κ3) is 4.01. The summed E-state index contributed by atoms with van der Waals surface area (Å²) in [5.41, 5.74) is 8.69. The maximum Gasteiger partial charge on any atom is 0.0479 e. The van der Waals surface area contributed by atoms with Crippen LogP contribution in [0.5, 0.6) is 0 Å². The molecule has 0 spiro atoms. The predicted octanol–water partition coefficient (Wildman–Crippen LogP) is 4.89. The van der Waals surface area contributed by atoms with Crippen molar-refractivity contribution in [2.45, 2.75) is 53.0 Å². The van der Waals surface area contributed by atoms with Gasteiger partial charge in [-0.1, -0.05) is 27.7 Å². The molecule has 1 aromatic rings. The van der Waals surface area contributed by atoms with Crippen LogP contribution < -0.4 is 11.1 Å². The first-order chi connectivity index (χ1) is 8.67. The molecular formula is C16H25IN2. The molecule has 0 aliphatic heterocycles. The molecule has 1 saturated carbocycles. The monoisotopic (exact) mass is 372 g/mol. The van der Waals surface area contributed by atoms with E-state index in [1.807, 2.05) is 12.1 Å². The van der Waals surface area contributed by atoms with Crippen molar-refractivity contribution in [3.8, 4) is 0 Å². The molecule has 0 amide bonds. The van der Waals surface area contributed by atoms with Crippen molar-refractivity contribution in [1.29, 1.82) is 0 Å². The van der Waals surface area contributed by atoms with Gasteiger partial charge < -0.3 is 11.1 Å². The Morgan fingerprint density at radius 3 is 2.26 bits per heavy atom. The van der Waals surface area contributed by atoms with Gasteiger partial charge in [-0.15, -0.1) is 0 Å². The summed E-state index contributed by atoms with van der Waals surface area (Å²) in [5.74, 6) is 0. The van der Waals surface area contributed by atoms with Crippen LogP contribution in [0.4, 0.5) is 11.4 Å². The lowest BCUT2D eigenvalue weighted by Crippen LogP contribution is -2.40. The summed E-state index contributed by atoms with van der Waals surface area (Å²) in [6.45, 7) is 9.54. The Bertz CT molecular complexity index is 450. The summed E-state index contributed by atoms with van der Waals surface area (Å²) in [4.78, 5) is 0. The summed E-state index contributed by atoms with van der Waals surface area (Å²) in [7, 11) is 0. The summed E-state index contributed by atoms with van der Waals surface area (Å²) in [6.07, 6.45) is 3.77. The highest BCUT2D eigenvalue weighted by Crippen LogP contribution is 2.46. The van der Waals surface area contributed by atoms with Gasteiger partial charge in [-0.05, 0) is 70.9 Å². The summed E-state index contributed by atoms with van der Waals surface area (Å²) in [5, 5.41) is 3.72. The zero-order valence-corrected chi connectivity index (χ0v) is 14.5. The van der Waals surface area contributed by atoms with E-state index in [4.69, 9.17) is 5.73 Å². The highest BCUT2D eigenvalue weighted by atomic mass is 127. The van der Waals surface area contributed by atoms with Crippen molar-refractivity contribution >= 4 is 34.0 Å². The number of hydrogen-bond acceptors (Lipinski definition) is 2. The first-order valence-electron chi connectivity index (χ1n) is 6.99. The van der Waals surface area contributed by atoms with E-state index in [1.54, 1.807) is 0 Å². The van der Waals surface area contributed by atoms with Gasteiger partial charge in [0.25, 0.3) is 0 Å². The smallest absolute Gasteiger partial charge is 0.0479 e. The zero-order valence-electron chi connectivity index (χ0n) is 12.4. The average Bonchev–Trinajstić information content (AvgIpc) is 2.17. The molecule has 3 N–H and O–H groups in total. The second-order valence-corrected chi connectivity index (χ2v) is 8.66. The van der Waals surface area contributed by atoms with Gasteiger partial charge in [-0.2, -0.15) is 0 Å². The number of nitrogens with two attached hydrogens (primary N) is 1. The maximum atomic E-state index is 5.81. The Balaban J connectivity index is 2.14. The van der Waals surface area contributed by atoms with Gasteiger partial charge in [0.2, 0.25) is 0 Å². The first-order valence-corrected chi connectivity index (χ1v) is 8.06. The van der Waals surface area contributed by atoms with E-state index in [0.717, 1.165) is 5.69 Å². The molecule has 1 aliphatic carbocycles. The molecular weight excluding hydrogens is 347 g/mol. The van der Waals surface area contributed by atoms with Crippen molar-refractivity contribution in [3.63, 3.8) is 0 Å². The SMILES string of the molecule is CC1(C)CC(Nc2ccc(N)cc2I)CC(C)(C)C1. The normalized spacial score (nSPS) is 22.2. The Morgan fingerprint density at radius 1 is 1.16 bits per heavy atom. The van der Waals surface area contributed by atoms with Gasteiger partial charge in [0, 0.05) is 21.0 Å². The van der Waals surface area contributed by atoms with Crippen molar-refractivity contribution in [2.24, 2.45) is 10.8 Å². The van der Waals surface area contributed by atoms with E-state index in [1.165, 1.54) is 28.5 Å². The fourth-order valence-electron chi connectivity index (χ4n) is 3.82. The number of hydrogen-bond donors (Lipinski definition) is 2. The molecule has 0 atom stereocenters. The topological polar surface area (TPSA) is 38.0 Å². The molecule has 0 unspecified atom stereocenters. The van der Waals surface area contributed by atoms with Gasteiger partial charge in [-0.3, -0.25) is 0 Å². The summed E-state index contributed by atoms with van der Waals surface area (Å²) in [6, 6.07) is 6.66. The lowest BCUT2D eigenvalue weighted by Gasteiger charge is -2.45. The zero-order chi connectivity index (χ0) is 14.3. The van der Waals surface area contributed by atoms with Crippen LogP contribution in [0.15, 0.2) is 18.2 Å². The number of benzene rings is 1. The van der Waals surface area contributed by atoms with Crippen LogP contribution >= 0.6 is 22.6 Å². The summed E-state index contributed by atoms with van der Waals surface area (Å²) >= 11 is 2.36. The molecule has 3 heteroatoms. The number of anilines is 2. The van der Waals surface area contributed by atoms with Crippen LogP contribution in [0, 0.1) is 14.4 Å². The molecule has 19 heavy (non-hydrogen) atoms. The standard InChI is InChI=1S/C16H25IN2/c1-15(2)8-12(9-16(3,4)10-15)19-14-6-5-11(18)7-13(14)17/h5-7,12,19H,8-10,18H2,1-4H3. The second-order valence-electron chi connectivity index (χ2n) is 7.49. The van der Waals surface area contributed by atoms with Gasteiger partial charge in [0.15, 0.2) is 0 Å². The summed E-state index contributed by atoms with van der Waals surface area (Å²) < 4.78 is 1.21. The van der Waals surface area contributed by atoms with Crippen molar-refractivity contribution in [1.82, 2.24) is 0 Å². The van der Waals surface area contributed by atoms with E-state index >= 15 is 0 Å². The predicted molar refractivity (Wildman–Crippen MR) is 92.4 cm³/mol. The Kier molecular flexibility index (Phi) is 4.05. The minimum Gasteiger partial charge on any atom is -0.399 e. The van der Waals surface area contributed by atoms with Crippen LogP contribution in [-0.2, 0) is 0 Å². The van der Waals surface area contributed by atoms with E-state index in [9.17, 15) is 0 Å². The minimum absolute atomic E-state index is 0.415. The molecule has 0 heterocycles. The van der Waals surface area contributed by atoms with Crippen molar-refractivity contribution in [2.75, 3.05) is 11.1 Å². The average molecular weight is 372 g/mol. The highest BCUT2D eigenvalue weighted by molar-refractivity contribution is 14.1. The molecule has 0 aromatic heterocycles. The maximum absolute atomic E-state index is 5.81. The number of nitrogen functional groups attached to an aromatic ring is 1. The Hall–Kier alpha value is -0.450. The molecule has 2 rings (SSSR count). The van der Waals surface area contributed by atoms with Crippen LogP contribution in [0.25, 0.3) is 0 Å². The molecule has 0 bridgehead atoms. The Labute approximate surface area is 130 Å². The molecule has 0 saturated heterocycles. The number of rotatable bonds is 2. The van der Waals surface area contributed by atoms with Crippen LogP contribution in [0.1, 0.15) is 47.0 Å². The van der Waals surface area contributed by atoms with Crippen LogP contribution in [0.2, 0.25) is 0 Å². The van der Waals surface area contributed by atoms with E-state index < -0.39 is 0 Å². The van der Waals surface area contributed by atoms with Gasteiger partial charge in [-0.25, -0.2) is 0 Å². The minimum atomic E-state index is 0.415. The molecule has 1 aliphatic rings. The highest BCUT2D eigenvalue weighted by Gasteiger charge is 2.38. The van der Waals surface area contributed by atoms with Gasteiger partial charge in [0.1, 0.15) is 0 Å². The van der Waals surface area contributed by atoms with Gasteiger partial charge >= 0.3 is 0 Å². The number of halogens is 1. The lowest BCUT2D eigenvalue weighted by atomic mass is 9.63. The fraction of sp³-hybridized carbons (Fsp3) is 0.625. The van der Waals surface area contributed by atoms with E-state index in [2.05, 4.69) is 61.7 Å². The number of nitrogens with one attached hydrogen (secondary N) is 1. The molecule has 0 radical (unpaired) electrons.